The largest absolute Gasteiger partial charge is 0.349 e. The lowest BCUT2D eigenvalue weighted by Crippen LogP contribution is -2.20. The third-order valence-corrected chi connectivity index (χ3v) is 2.95. The molecule has 0 radical (unpaired) electrons. The second kappa shape index (κ2) is 6.61. The van der Waals surface area contributed by atoms with E-state index in [0.29, 0.717) is 29.4 Å². The van der Waals surface area contributed by atoms with E-state index in [2.05, 4.69) is 20.4 Å². The summed E-state index contributed by atoms with van der Waals surface area (Å²) in [6.45, 7) is 3.88. The molecule has 7 heteroatoms. The standard InChI is InChI=1S/C14H16N6O/c1-3-4-12-18-14(10(2)17-9-21)20(19-12)13-6-5-11(7-15)8-16-13/h5-6,8-10H,3-4H2,1-2H3,(H,17,21). The molecule has 7 nitrogen and oxygen atoms in total. The number of pyridine rings is 1. The average Bonchev–Trinajstić information content (AvgIpc) is 2.92. The van der Waals surface area contributed by atoms with Crippen LogP contribution in [0.1, 0.15) is 43.5 Å². The van der Waals surface area contributed by atoms with Gasteiger partial charge in [-0.15, -0.1) is 5.10 Å². The number of rotatable bonds is 6. The van der Waals surface area contributed by atoms with E-state index in [1.165, 1.54) is 6.20 Å². The van der Waals surface area contributed by atoms with Crippen LogP contribution in [0.4, 0.5) is 0 Å². The number of amides is 1. The third-order valence-electron chi connectivity index (χ3n) is 2.95. The number of nitrogens with zero attached hydrogens (tertiary/aromatic N) is 5. The number of carbonyl (C=O) groups is 1. The van der Waals surface area contributed by atoms with Crippen molar-refractivity contribution in [2.45, 2.75) is 32.7 Å². The van der Waals surface area contributed by atoms with Crippen LogP contribution < -0.4 is 5.32 Å². The van der Waals surface area contributed by atoms with Crippen molar-refractivity contribution >= 4 is 6.41 Å². The molecule has 1 unspecified atom stereocenters. The Morgan fingerprint density at radius 3 is 2.90 bits per heavy atom. The van der Waals surface area contributed by atoms with Crippen molar-refractivity contribution in [2.75, 3.05) is 0 Å². The number of hydrogen-bond acceptors (Lipinski definition) is 5. The normalized spacial score (nSPS) is 11.7. The minimum Gasteiger partial charge on any atom is -0.349 e. The van der Waals surface area contributed by atoms with Crippen LogP contribution in [-0.2, 0) is 11.2 Å². The van der Waals surface area contributed by atoms with E-state index < -0.39 is 0 Å². The molecule has 108 valence electrons. The summed E-state index contributed by atoms with van der Waals surface area (Å²) < 4.78 is 1.60. The highest BCUT2D eigenvalue weighted by Gasteiger charge is 2.17. The number of nitriles is 1. The van der Waals surface area contributed by atoms with E-state index in [0.717, 1.165) is 12.8 Å². The zero-order chi connectivity index (χ0) is 15.2. The van der Waals surface area contributed by atoms with E-state index in [9.17, 15) is 4.79 Å². The van der Waals surface area contributed by atoms with Crippen molar-refractivity contribution in [1.29, 1.82) is 5.26 Å². The zero-order valence-corrected chi connectivity index (χ0v) is 11.9. The van der Waals surface area contributed by atoms with Gasteiger partial charge in [-0.1, -0.05) is 6.92 Å². The second-order valence-corrected chi connectivity index (χ2v) is 4.57. The lowest BCUT2D eigenvalue weighted by atomic mass is 10.3. The number of nitrogens with one attached hydrogen (secondary N) is 1. The summed E-state index contributed by atoms with van der Waals surface area (Å²) >= 11 is 0. The highest BCUT2D eigenvalue weighted by molar-refractivity contribution is 5.47. The van der Waals surface area contributed by atoms with E-state index in [4.69, 9.17) is 5.26 Å². The summed E-state index contributed by atoms with van der Waals surface area (Å²) in [6, 6.07) is 5.12. The number of carbonyl (C=O) groups excluding carboxylic acids is 1. The lowest BCUT2D eigenvalue weighted by molar-refractivity contribution is -0.110. The molecule has 0 aromatic carbocycles. The Hall–Kier alpha value is -2.75. The molecule has 21 heavy (non-hydrogen) atoms. The summed E-state index contributed by atoms with van der Waals surface area (Å²) in [5.41, 5.74) is 0.480. The summed E-state index contributed by atoms with van der Waals surface area (Å²) in [5, 5.41) is 15.9. The average molecular weight is 284 g/mol. The zero-order valence-electron chi connectivity index (χ0n) is 11.9. The first-order chi connectivity index (χ1) is 10.2. The van der Waals surface area contributed by atoms with E-state index in [-0.39, 0.29) is 6.04 Å². The van der Waals surface area contributed by atoms with Crippen LogP contribution >= 0.6 is 0 Å². The number of aromatic nitrogens is 4. The topological polar surface area (TPSA) is 96.5 Å². The highest BCUT2D eigenvalue weighted by Crippen LogP contribution is 2.15. The predicted octanol–water partition coefficient (Wildman–Crippen LogP) is 1.29. The fourth-order valence-electron chi connectivity index (χ4n) is 1.90. The second-order valence-electron chi connectivity index (χ2n) is 4.57. The van der Waals surface area contributed by atoms with Crippen molar-refractivity contribution in [3.63, 3.8) is 0 Å². The molecule has 0 bridgehead atoms. The molecule has 2 aromatic heterocycles. The van der Waals surface area contributed by atoms with Gasteiger partial charge in [0.15, 0.2) is 17.5 Å². The molecule has 0 spiro atoms. The Morgan fingerprint density at radius 1 is 1.52 bits per heavy atom. The molecule has 0 fully saturated rings. The van der Waals surface area contributed by atoms with Gasteiger partial charge >= 0.3 is 0 Å². The van der Waals surface area contributed by atoms with Crippen molar-refractivity contribution in [1.82, 2.24) is 25.1 Å². The first-order valence-electron chi connectivity index (χ1n) is 6.71. The summed E-state index contributed by atoms with van der Waals surface area (Å²) in [6.07, 6.45) is 3.80. The minimum atomic E-state index is -0.280. The highest BCUT2D eigenvalue weighted by atomic mass is 16.1. The first kappa shape index (κ1) is 14.7. The Bertz CT molecular complexity index is 655. The maximum absolute atomic E-state index is 10.6. The fourth-order valence-corrected chi connectivity index (χ4v) is 1.90. The monoisotopic (exact) mass is 284 g/mol. The van der Waals surface area contributed by atoms with Gasteiger partial charge in [-0.2, -0.15) is 9.94 Å². The molecule has 1 amide bonds. The van der Waals surface area contributed by atoms with Gasteiger partial charge in [0, 0.05) is 12.6 Å². The molecular formula is C14H16N6O. The smallest absolute Gasteiger partial charge is 0.207 e. The van der Waals surface area contributed by atoms with Gasteiger partial charge in [0.2, 0.25) is 6.41 Å². The molecule has 0 saturated heterocycles. The van der Waals surface area contributed by atoms with Gasteiger partial charge in [-0.25, -0.2) is 9.97 Å². The minimum absolute atomic E-state index is 0.280. The van der Waals surface area contributed by atoms with Crippen molar-refractivity contribution in [3.8, 4) is 11.9 Å². The number of aryl methyl sites for hydroxylation is 1. The van der Waals surface area contributed by atoms with E-state index in [1.807, 2.05) is 19.9 Å². The molecule has 2 rings (SSSR count). The van der Waals surface area contributed by atoms with Crippen LogP contribution in [0.15, 0.2) is 18.3 Å². The van der Waals surface area contributed by atoms with Gasteiger partial charge in [-0.05, 0) is 25.5 Å². The molecule has 0 aliphatic heterocycles. The SMILES string of the molecule is CCCc1nc(C(C)NC=O)n(-c2ccc(C#N)cn2)n1. The molecule has 0 aliphatic rings. The van der Waals surface area contributed by atoms with Gasteiger partial charge in [0.05, 0.1) is 11.6 Å². The Kier molecular flexibility index (Phi) is 4.61. The van der Waals surface area contributed by atoms with Crippen LogP contribution in [-0.4, -0.2) is 26.2 Å². The van der Waals surface area contributed by atoms with Crippen LogP contribution in [0.2, 0.25) is 0 Å². The molecule has 0 aliphatic carbocycles. The molecule has 0 saturated carbocycles. The molecule has 2 heterocycles. The van der Waals surface area contributed by atoms with Crippen molar-refractivity contribution in [3.05, 3.63) is 35.5 Å². The van der Waals surface area contributed by atoms with Crippen molar-refractivity contribution in [2.24, 2.45) is 0 Å². The lowest BCUT2D eigenvalue weighted by Gasteiger charge is -2.10. The Labute approximate surface area is 122 Å². The van der Waals surface area contributed by atoms with Crippen LogP contribution in [0.25, 0.3) is 5.82 Å². The Morgan fingerprint density at radius 2 is 2.33 bits per heavy atom. The van der Waals surface area contributed by atoms with Gasteiger partial charge in [-0.3, -0.25) is 4.79 Å². The molecule has 1 atom stereocenters. The van der Waals surface area contributed by atoms with Gasteiger partial charge in [0.25, 0.3) is 0 Å². The van der Waals surface area contributed by atoms with Gasteiger partial charge in [0.1, 0.15) is 6.07 Å². The molecule has 1 N–H and O–H groups in total. The first-order valence-corrected chi connectivity index (χ1v) is 6.71. The quantitative estimate of drug-likeness (QED) is 0.806. The Balaban J connectivity index is 2.43. The molecular weight excluding hydrogens is 268 g/mol. The van der Waals surface area contributed by atoms with Crippen LogP contribution in [0, 0.1) is 11.3 Å². The maximum atomic E-state index is 10.6. The summed E-state index contributed by atoms with van der Waals surface area (Å²) in [4.78, 5) is 19.3. The maximum Gasteiger partial charge on any atom is 0.207 e. The summed E-state index contributed by atoms with van der Waals surface area (Å²) in [5.74, 6) is 1.89. The van der Waals surface area contributed by atoms with E-state index in [1.54, 1.807) is 16.8 Å². The van der Waals surface area contributed by atoms with Crippen molar-refractivity contribution < 1.29 is 4.79 Å². The third kappa shape index (κ3) is 3.23. The predicted molar refractivity (Wildman–Crippen MR) is 75.5 cm³/mol. The van der Waals surface area contributed by atoms with Crippen LogP contribution in [0.5, 0.6) is 0 Å². The van der Waals surface area contributed by atoms with E-state index >= 15 is 0 Å². The summed E-state index contributed by atoms with van der Waals surface area (Å²) in [7, 11) is 0. The van der Waals surface area contributed by atoms with Gasteiger partial charge < -0.3 is 5.32 Å². The fraction of sp³-hybridized carbons (Fsp3) is 0.357. The molecule has 2 aromatic rings. The van der Waals surface area contributed by atoms with Crippen LogP contribution in [0.3, 0.4) is 0 Å². The number of hydrogen-bond donors (Lipinski definition) is 1.